The molecule has 1 atom stereocenters. The Morgan fingerprint density at radius 2 is 2.04 bits per heavy atom. The van der Waals surface area contributed by atoms with Gasteiger partial charge in [0, 0.05) is 33.3 Å². The zero-order valence-electron chi connectivity index (χ0n) is 17.6. The van der Waals surface area contributed by atoms with E-state index in [-0.39, 0.29) is 11.4 Å². The van der Waals surface area contributed by atoms with Crippen LogP contribution in [-0.2, 0) is 21.3 Å². The fourth-order valence-electron chi connectivity index (χ4n) is 2.75. The minimum atomic E-state index is -3.54. The van der Waals surface area contributed by atoms with Crippen LogP contribution in [0.5, 0.6) is 0 Å². The summed E-state index contributed by atoms with van der Waals surface area (Å²) in [4.78, 5) is 4.50. The Morgan fingerprint density at radius 1 is 1.25 bits per heavy atom. The summed E-state index contributed by atoms with van der Waals surface area (Å²) in [6, 6.07) is 7.23. The molecule has 0 amide bonds. The van der Waals surface area contributed by atoms with Gasteiger partial charge in [0.1, 0.15) is 0 Å². The number of nitrogens with one attached hydrogen (secondary N) is 3. The van der Waals surface area contributed by atoms with E-state index in [1.807, 2.05) is 6.07 Å². The highest BCUT2D eigenvalue weighted by atomic mass is 32.2. The smallest absolute Gasteiger partial charge is 0.240 e. The average Bonchev–Trinajstić information content (AvgIpc) is 2.69. The van der Waals surface area contributed by atoms with Crippen LogP contribution < -0.4 is 15.4 Å². The number of guanidine groups is 1. The Hall–Kier alpha value is -1.64. The first-order valence-electron chi connectivity index (χ1n) is 9.97. The summed E-state index contributed by atoms with van der Waals surface area (Å²) < 4.78 is 32.1. The lowest BCUT2D eigenvalue weighted by Crippen LogP contribution is -2.41. The number of hydrogen-bond acceptors (Lipinski definition) is 4. The van der Waals surface area contributed by atoms with Gasteiger partial charge in [-0.2, -0.15) is 0 Å². The molecule has 0 aliphatic carbocycles. The Labute approximate surface area is 170 Å². The second-order valence-corrected chi connectivity index (χ2v) is 8.63. The summed E-state index contributed by atoms with van der Waals surface area (Å²) in [5, 5.41) is 6.64. The summed E-state index contributed by atoms with van der Waals surface area (Å²) in [5.74, 6) is 0.717. The molecule has 0 saturated carbocycles. The molecule has 1 aromatic rings. The van der Waals surface area contributed by atoms with Crippen molar-refractivity contribution in [3.63, 3.8) is 0 Å². The van der Waals surface area contributed by atoms with Crippen molar-refractivity contribution in [1.29, 1.82) is 0 Å². The third-order valence-electron chi connectivity index (χ3n) is 4.36. The monoisotopic (exact) mass is 412 g/mol. The molecule has 7 nitrogen and oxygen atoms in total. The van der Waals surface area contributed by atoms with Crippen LogP contribution in [0, 0.1) is 0 Å². The predicted octanol–water partition coefficient (Wildman–Crippen LogP) is 2.64. The van der Waals surface area contributed by atoms with Gasteiger partial charge in [0.15, 0.2) is 5.96 Å². The van der Waals surface area contributed by atoms with Gasteiger partial charge in [-0.15, -0.1) is 0 Å². The minimum absolute atomic E-state index is 0.244. The Bertz CT molecular complexity index is 692. The quantitative estimate of drug-likeness (QED) is 0.263. The molecule has 0 heterocycles. The van der Waals surface area contributed by atoms with E-state index < -0.39 is 10.0 Å². The molecule has 3 N–H and O–H groups in total. The van der Waals surface area contributed by atoms with E-state index >= 15 is 0 Å². The molecular formula is C20H36N4O3S. The molecule has 1 rings (SSSR count). The molecule has 0 fully saturated rings. The lowest BCUT2D eigenvalue weighted by molar-refractivity contribution is 0.204. The largest absolute Gasteiger partial charge is 0.383 e. The molecule has 0 aromatic heterocycles. The molecule has 28 heavy (non-hydrogen) atoms. The first-order chi connectivity index (χ1) is 13.4. The summed E-state index contributed by atoms with van der Waals surface area (Å²) in [7, 11) is -0.266. The first kappa shape index (κ1) is 24.4. The number of rotatable bonds is 13. The number of methoxy groups -OCH3 is 1. The summed E-state index contributed by atoms with van der Waals surface area (Å²) in [5.41, 5.74) is 0.869. The van der Waals surface area contributed by atoms with E-state index in [0.717, 1.165) is 17.9 Å². The van der Waals surface area contributed by atoms with Gasteiger partial charge >= 0.3 is 0 Å². The molecular weight excluding hydrogens is 376 g/mol. The normalized spacial score (nSPS) is 13.4. The van der Waals surface area contributed by atoms with Crippen molar-refractivity contribution >= 4 is 16.0 Å². The third-order valence-corrected chi connectivity index (χ3v) is 5.82. The lowest BCUT2D eigenvalue weighted by atomic mass is 10.1. The van der Waals surface area contributed by atoms with Crippen molar-refractivity contribution in [3.05, 3.63) is 29.8 Å². The van der Waals surface area contributed by atoms with Crippen LogP contribution in [0.2, 0.25) is 0 Å². The highest BCUT2D eigenvalue weighted by Gasteiger charge is 2.14. The number of aliphatic imine (C=N–C) groups is 1. The minimum Gasteiger partial charge on any atom is -0.383 e. The number of benzene rings is 1. The van der Waals surface area contributed by atoms with Crippen LogP contribution in [0.3, 0.4) is 0 Å². The number of ether oxygens (including phenoxy) is 1. The van der Waals surface area contributed by atoms with Gasteiger partial charge in [-0.3, -0.25) is 4.99 Å². The predicted molar refractivity (Wildman–Crippen MR) is 115 cm³/mol. The average molecular weight is 413 g/mol. The van der Waals surface area contributed by atoms with Gasteiger partial charge in [0.25, 0.3) is 0 Å². The SMILES string of the molecule is CCCCCCC(C)NC(=NC)NCc1cccc(S(=O)(=O)NCCOC)c1. The standard InChI is InChI=1S/C20H36N4O3S/c1-5-6-7-8-10-17(2)24-20(21-3)22-16-18-11-9-12-19(15-18)28(25,26)23-13-14-27-4/h9,11-12,15,17,23H,5-8,10,13-14,16H2,1-4H3,(H2,21,22,24). The topological polar surface area (TPSA) is 91.8 Å². The zero-order valence-corrected chi connectivity index (χ0v) is 18.4. The van der Waals surface area contributed by atoms with Crippen molar-refractivity contribution in [2.45, 2.75) is 63.4 Å². The Morgan fingerprint density at radius 3 is 2.71 bits per heavy atom. The van der Waals surface area contributed by atoms with Crippen molar-refractivity contribution < 1.29 is 13.2 Å². The van der Waals surface area contributed by atoms with Gasteiger partial charge in [0.2, 0.25) is 10.0 Å². The van der Waals surface area contributed by atoms with Gasteiger partial charge < -0.3 is 15.4 Å². The zero-order chi connectivity index (χ0) is 20.8. The molecule has 1 unspecified atom stereocenters. The van der Waals surface area contributed by atoms with Crippen molar-refractivity contribution in [1.82, 2.24) is 15.4 Å². The van der Waals surface area contributed by atoms with Crippen molar-refractivity contribution in [3.8, 4) is 0 Å². The molecule has 0 aliphatic rings. The van der Waals surface area contributed by atoms with Crippen LogP contribution in [-0.4, -0.2) is 47.7 Å². The lowest BCUT2D eigenvalue weighted by Gasteiger charge is -2.18. The van der Waals surface area contributed by atoms with E-state index in [0.29, 0.717) is 19.2 Å². The highest BCUT2D eigenvalue weighted by Crippen LogP contribution is 2.11. The van der Waals surface area contributed by atoms with Crippen molar-refractivity contribution in [2.24, 2.45) is 4.99 Å². The fraction of sp³-hybridized carbons (Fsp3) is 0.650. The molecule has 1 aromatic carbocycles. The second kappa shape index (κ2) is 13.5. The van der Waals surface area contributed by atoms with E-state index in [9.17, 15) is 8.42 Å². The van der Waals surface area contributed by atoms with E-state index in [2.05, 4.69) is 34.2 Å². The van der Waals surface area contributed by atoms with Gasteiger partial charge in [0.05, 0.1) is 11.5 Å². The Balaban J connectivity index is 2.56. The van der Waals surface area contributed by atoms with Gasteiger partial charge in [-0.05, 0) is 31.0 Å². The Kier molecular flexibility index (Phi) is 11.8. The maximum Gasteiger partial charge on any atom is 0.240 e. The van der Waals surface area contributed by atoms with Gasteiger partial charge in [-0.25, -0.2) is 13.1 Å². The highest BCUT2D eigenvalue weighted by molar-refractivity contribution is 7.89. The molecule has 0 radical (unpaired) electrons. The molecule has 0 spiro atoms. The van der Waals surface area contributed by atoms with Crippen LogP contribution >= 0.6 is 0 Å². The van der Waals surface area contributed by atoms with Crippen LogP contribution in [0.4, 0.5) is 0 Å². The van der Waals surface area contributed by atoms with E-state index in [4.69, 9.17) is 4.74 Å². The maximum absolute atomic E-state index is 12.3. The second-order valence-electron chi connectivity index (χ2n) is 6.86. The summed E-state index contributed by atoms with van der Waals surface area (Å²) in [6.07, 6.45) is 6.08. The van der Waals surface area contributed by atoms with Crippen LogP contribution in [0.15, 0.2) is 34.2 Å². The molecule has 8 heteroatoms. The van der Waals surface area contributed by atoms with Crippen LogP contribution in [0.25, 0.3) is 0 Å². The van der Waals surface area contributed by atoms with Gasteiger partial charge in [-0.1, -0.05) is 44.7 Å². The van der Waals surface area contributed by atoms with E-state index in [1.165, 1.54) is 32.8 Å². The van der Waals surface area contributed by atoms with Crippen molar-refractivity contribution in [2.75, 3.05) is 27.3 Å². The molecule has 0 aliphatic heterocycles. The number of nitrogens with zero attached hydrogens (tertiary/aromatic N) is 1. The third kappa shape index (κ3) is 9.52. The maximum atomic E-state index is 12.3. The van der Waals surface area contributed by atoms with E-state index in [1.54, 1.807) is 25.2 Å². The fourth-order valence-corrected chi connectivity index (χ4v) is 3.83. The first-order valence-corrected chi connectivity index (χ1v) is 11.5. The number of hydrogen-bond donors (Lipinski definition) is 3. The number of sulfonamides is 1. The summed E-state index contributed by atoms with van der Waals surface area (Å²) in [6.45, 7) is 5.43. The molecule has 160 valence electrons. The molecule has 0 bridgehead atoms. The summed E-state index contributed by atoms with van der Waals surface area (Å²) >= 11 is 0. The molecule has 0 saturated heterocycles. The number of unbranched alkanes of at least 4 members (excludes halogenated alkanes) is 3. The van der Waals surface area contributed by atoms with Crippen LogP contribution in [0.1, 0.15) is 51.5 Å².